The average molecular weight is 174 g/mol. The van der Waals surface area contributed by atoms with Crippen molar-refractivity contribution in [3.63, 3.8) is 0 Å². The number of hydrogen-bond donors (Lipinski definition) is 0. The summed E-state index contributed by atoms with van der Waals surface area (Å²) in [5.74, 6) is 0. The minimum Gasteiger partial charge on any atom is -0.0972 e. The monoisotopic (exact) mass is 174 g/mol. The molecule has 1 saturated heterocycles. The van der Waals surface area contributed by atoms with Crippen LogP contribution in [0.3, 0.4) is 0 Å². The van der Waals surface area contributed by atoms with E-state index in [1.165, 1.54) is 44.4 Å². The molecule has 1 heterocycles. The van der Waals surface area contributed by atoms with Gasteiger partial charge < -0.3 is 0 Å². The van der Waals surface area contributed by atoms with E-state index in [0.29, 0.717) is 0 Å². The Labute approximate surface area is 68.4 Å². The Hall–Kier alpha value is 0.650. The zero-order valence-electron chi connectivity index (χ0n) is 6.38. The molecule has 2 fully saturated rings. The normalized spacial score (nSPS) is 32.0. The standard InChI is InChI=1S/C8H15PS/c10-9(6-3-7-9)8-4-1-2-5-8/h8H,1-7H2. The summed E-state index contributed by atoms with van der Waals surface area (Å²) in [6, 6.07) is -0.707. The maximum atomic E-state index is 5.70. The van der Waals surface area contributed by atoms with Crippen molar-refractivity contribution in [3.05, 3.63) is 0 Å². The molecule has 2 heteroatoms. The minimum absolute atomic E-state index is 0.707. The Morgan fingerprint density at radius 1 is 1.00 bits per heavy atom. The third kappa shape index (κ3) is 1.08. The van der Waals surface area contributed by atoms with Crippen molar-refractivity contribution in [3.8, 4) is 0 Å². The number of rotatable bonds is 1. The fraction of sp³-hybridized carbons (Fsp3) is 1.00. The van der Waals surface area contributed by atoms with Crippen molar-refractivity contribution in [2.45, 2.75) is 37.8 Å². The van der Waals surface area contributed by atoms with Crippen molar-refractivity contribution in [1.29, 1.82) is 0 Å². The summed E-state index contributed by atoms with van der Waals surface area (Å²) in [5, 5.41) is 0. The lowest BCUT2D eigenvalue weighted by Gasteiger charge is -2.36. The highest BCUT2D eigenvalue weighted by Crippen LogP contribution is 2.63. The van der Waals surface area contributed by atoms with Gasteiger partial charge in [-0.05, 0) is 43.3 Å². The van der Waals surface area contributed by atoms with Crippen LogP contribution < -0.4 is 0 Å². The molecule has 0 bridgehead atoms. The second-order valence-electron chi connectivity index (χ2n) is 3.69. The van der Waals surface area contributed by atoms with Gasteiger partial charge in [0.1, 0.15) is 0 Å². The zero-order chi connectivity index (χ0) is 7.03. The third-order valence-corrected chi connectivity index (χ3v) is 9.05. The van der Waals surface area contributed by atoms with E-state index in [1.54, 1.807) is 0 Å². The third-order valence-electron chi connectivity index (χ3n) is 3.06. The van der Waals surface area contributed by atoms with Gasteiger partial charge in [-0.25, -0.2) is 0 Å². The van der Waals surface area contributed by atoms with Crippen LogP contribution in [0.2, 0.25) is 0 Å². The molecule has 0 aromatic heterocycles. The van der Waals surface area contributed by atoms with Crippen LogP contribution in [0.15, 0.2) is 0 Å². The summed E-state index contributed by atoms with van der Waals surface area (Å²) in [6.07, 6.45) is 10.3. The maximum Gasteiger partial charge on any atom is -0.0118 e. The van der Waals surface area contributed by atoms with Crippen molar-refractivity contribution >= 4 is 17.8 Å². The van der Waals surface area contributed by atoms with Gasteiger partial charge in [0.15, 0.2) is 0 Å². The maximum absolute atomic E-state index is 5.70. The predicted octanol–water partition coefficient (Wildman–Crippen LogP) is 2.81. The highest BCUT2D eigenvalue weighted by molar-refractivity contribution is 8.15. The van der Waals surface area contributed by atoms with Crippen LogP contribution in [0.5, 0.6) is 0 Å². The van der Waals surface area contributed by atoms with Crippen LogP contribution >= 0.6 is 6.04 Å². The first-order valence-electron chi connectivity index (χ1n) is 4.39. The summed E-state index contributed by atoms with van der Waals surface area (Å²) in [6.45, 7) is 0. The highest BCUT2D eigenvalue weighted by atomic mass is 32.4. The molecule has 1 aliphatic heterocycles. The van der Waals surface area contributed by atoms with Gasteiger partial charge in [0.2, 0.25) is 0 Å². The molecular weight excluding hydrogens is 159 g/mol. The molecule has 0 amide bonds. The molecule has 1 aliphatic carbocycles. The zero-order valence-corrected chi connectivity index (χ0v) is 8.09. The van der Waals surface area contributed by atoms with Crippen LogP contribution in [-0.2, 0) is 11.8 Å². The van der Waals surface area contributed by atoms with Crippen molar-refractivity contribution in [2.24, 2.45) is 0 Å². The fourth-order valence-corrected chi connectivity index (χ4v) is 6.59. The summed E-state index contributed by atoms with van der Waals surface area (Å²) >= 11 is 5.70. The lowest BCUT2D eigenvalue weighted by Crippen LogP contribution is -2.18. The molecule has 0 aromatic rings. The van der Waals surface area contributed by atoms with Gasteiger partial charge >= 0.3 is 0 Å². The van der Waals surface area contributed by atoms with Gasteiger partial charge in [-0.3, -0.25) is 0 Å². The van der Waals surface area contributed by atoms with E-state index in [0.717, 1.165) is 5.66 Å². The van der Waals surface area contributed by atoms with Gasteiger partial charge in [0.05, 0.1) is 0 Å². The predicted molar refractivity (Wildman–Crippen MR) is 50.9 cm³/mol. The van der Waals surface area contributed by atoms with E-state index < -0.39 is 6.04 Å². The first kappa shape index (κ1) is 7.31. The molecule has 0 nitrogen and oxygen atoms in total. The molecule has 58 valence electrons. The molecule has 10 heavy (non-hydrogen) atoms. The Balaban J connectivity index is 2.03. The van der Waals surface area contributed by atoms with Crippen molar-refractivity contribution < 1.29 is 0 Å². The second kappa shape index (κ2) is 2.60. The second-order valence-corrected chi connectivity index (χ2v) is 9.40. The Morgan fingerprint density at radius 2 is 1.60 bits per heavy atom. The van der Waals surface area contributed by atoms with Crippen molar-refractivity contribution in [2.75, 3.05) is 12.3 Å². The van der Waals surface area contributed by atoms with Crippen LogP contribution in [-0.4, -0.2) is 18.0 Å². The lowest BCUT2D eigenvalue weighted by molar-refractivity contribution is 0.848. The van der Waals surface area contributed by atoms with Gasteiger partial charge in [-0.2, -0.15) is 0 Å². The lowest BCUT2D eigenvalue weighted by atomic mass is 10.4. The Morgan fingerprint density at radius 3 is 2.00 bits per heavy atom. The van der Waals surface area contributed by atoms with E-state index >= 15 is 0 Å². The molecule has 0 N–H and O–H groups in total. The van der Waals surface area contributed by atoms with E-state index in [-0.39, 0.29) is 0 Å². The SMILES string of the molecule is S=P1(C2CCCC2)CCC1. The fourth-order valence-electron chi connectivity index (χ4n) is 2.21. The van der Waals surface area contributed by atoms with Gasteiger partial charge in [-0.15, -0.1) is 0 Å². The van der Waals surface area contributed by atoms with Gasteiger partial charge in [0, 0.05) is 0 Å². The summed E-state index contributed by atoms with van der Waals surface area (Å²) in [7, 11) is 0. The average Bonchev–Trinajstić information content (AvgIpc) is 2.33. The molecule has 1 saturated carbocycles. The quantitative estimate of drug-likeness (QED) is 0.551. The Bertz CT molecular complexity index is 162. The molecule has 0 aromatic carbocycles. The van der Waals surface area contributed by atoms with E-state index in [4.69, 9.17) is 11.8 Å². The van der Waals surface area contributed by atoms with E-state index in [9.17, 15) is 0 Å². The van der Waals surface area contributed by atoms with Crippen LogP contribution in [0.1, 0.15) is 32.1 Å². The molecule has 0 radical (unpaired) electrons. The molecule has 0 unspecified atom stereocenters. The topological polar surface area (TPSA) is 0 Å². The number of hydrogen-bond acceptors (Lipinski definition) is 1. The molecule has 0 spiro atoms. The van der Waals surface area contributed by atoms with Crippen LogP contribution in [0.25, 0.3) is 0 Å². The summed E-state index contributed by atoms with van der Waals surface area (Å²) in [5.41, 5.74) is 1.04. The Kier molecular flexibility index (Phi) is 1.90. The van der Waals surface area contributed by atoms with Crippen LogP contribution in [0.4, 0.5) is 0 Å². The van der Waals surface area contributed by atoms with E-state index in [1.807, 2.05) is 0 Å². The molecule has 0 atom stereocenters. The smallest absolute Gasteiger partial charge is 0.0118 e. The van der Waals surface area contributed by atoms with Crippen LogP contribution in [0, 0.1) is 0 Å². The molecule has 2 aliphatic rings. The summed E-state index contributed by atoms with van der Waals surface area (Å²) < 4.78 is 0. The van der Waals surface area contributed by atoms with Crippen molar-refractivity contribution in [1.82, 2.24) is 0 Å². The highest BCUT2D eigenvalue weighted by Gasteiger charge is 2.35. The van der Waals surface area contributed by atoms with Gasteiger partial charge in [0.25, 0.3) is 0 Å². The first-order valence-corrected chi connectivity index (χ1v) is 7.63. The molecule has 2 rings (SSSR count). The molecular formula is C8H15PS. The summed E-state index contributed by atoms with van der Waals surface area (Å²) in [4.78, 5) is 0. The van der Waals surface area contributed by atoms with E-state index in [2.05, 4.69) is 0 Å². The van der Waals surface area contributed by atoms with Gasteiger partial charge in [-0.1, -0.05) is 24.6 Å². The minimum atomic E-state index is -0.707. The first-order chi connectivity index (χ1) is 4.81. The largest absolute Gasteiger partial charge is 0.0972 e.